The molecule has 0 radical (unpaired) electrons. The molecule has 132 valence electrons. The summed E-state index contributed by atoms with van der Waals surface area (Å²) in [7, 11) is 0. The van der Waals surface area contributed by atoms with Crippen LogP contribution in [0.4, 0.5) is 0 Å². The van der Waals surface area contributed by atoms with E-state index in [2.05, 4.69) is 6.92 Å². The average molecular weight is 349 g/mol. The van der Waals surface area contributed by atoms with Gasteiger partial charge in [-0.3, -0.25) is 9.59 Å². The van der Waals surface area contributed by atoms with E-state index in [-0.39, 0.29) is 54.4 Å². The van der Waals surface area contributed by atoms with Crippen LogP contribution < -0.4 is 34.7 Å². The van der Waals surface area contributed by atoms with Crippen LogP contribution >= 0.6 is 0 Å². The van der Waals surface area contributed by atoms with E-state index in [4.69, 9.17) is 4.74 Å². The second-order valence-corrected chi connectivity index (χ2v) is 6.14. The van der Waals surface area contributed by atoms with E-state index in [0.29, 0.717) is 12.8 Å². The second-order valence-electron chi connectivity index (χ2n) is 6.14. The third-order valence-corrected chi connectivity index (χ3v) is 4.13. The Hall–Kier alpha value is -0.590. The molecule has 0 aliphatic carbocycles. The first kappa shape index (κ1) is 23.4. The van der Waals surface area contributed by atoms with Gasteiger partial charge < -0.3 is 19.5 Å². The molecule has 0 spiro atoms. The van der Waals surface area contributed by atoms with Crippen molar-refractivity contribution in [3.05, 3.63) is 0 Å². The van der Waals surface area contributed by atoms with E-state index in [0.717, 1.165) is 38.5 Å². The third kappa shape index (κ3) is 7.99. The first-order valence-electron chi connectivity index (χ1n) is 8.69. The maximum absolute atomic E-state index is 12.2. The first-order valence-corrected chi connectivity index (χ1v) is 8.69. The summed E-state index contributed by atoms with van der Waals surface area (Å²) < 4.78 is 5.32. The van der Waals surface area contributed by atoms with Gasteiger partial charge in [0, 0.05) is 19.3 Å². The van der Waals surface area contributed by atoms with Crippen molar-refractivity contribution in [3.63, 3.8) is 0 Å². The zero-order valence-electron chi connectivity index (χ0n) is 15.2. The van der Waals surface area contributed by atoms with E-state index in [1.54, 1.807) is 0 Å². The molecule has 0 aromatic rings. The van der Waals surface area contributed by atoms with Crippen molar-refractivity contribution in [1.29, 1.82) is 0 Å². The predicted molar refractivity (Wildman–Crippen MR) is 83.3 cm³/mol. The Kier molecular flexibility index (Phi) is 12.4. The zero-order chi connectivity index (χ0) is 17.2. The number of amides is 1. The number of unbranched alkanes of at least 4 members (excludes halogenated alkanes) is 4. The van der Waals surface area contributed by atoms with E-state index < -0.39 is 18.1 Å². The summed E-state index contributed by atoms with van der Waals surface area (Å²) in [5.74, 6) is -1.80. The van der Waals surface area contributed by atoms with Crippen molar-refractivity contribution < 1.29 is 53.8 Å². The number of carboxylic acids is 1. The number of carboxylic acid groups (broad SMARTS) is 1. The smallest absolute Gasteiger partial charge is 0.548 e. The number of hydrogen-bond acceptors (Lipinski definition) is 5. The van der Waals surface area contributed by atoms with Gasteiger partial charge >= 0.3 is 35.5 Å². The summed E-state index contributed by atoms with van der Waals surface area (Å²) in [6, 6.07) is -0.988. The number of carbonyl (C=O) groups is 3. The first-order chi connectivity index (χ1) is 11.0. The van der Waals surface area contributed by atoms with E-state index in [9.17, 15) is 19.5 Å². The van der Waals surface area contributed by atoms with Crippen molar-refractivity contribution in [2.24, 2.45) is 0 Å². The van der Waals surface area contributed by atoms with Crippen LogP contribution in [0.3, 0.4) is 0 Å². The minimum Gasteiger partial charge on any atom is -0.548 e. The van der Waals surface area contributed by atoms with Gasteiger partial charge in [-0.2, -0.15) is 0 Å². The Labute approximate surface area is 166 Å². The molecule has 1 heterocycles. The number of ether oxygens (including phenoxy) is 1. The number of hydrogen-bond donors (Lipinski definition) is 0. The van der Waals surface area contributed by atoms with Gasteiger partial charge in [0.2, 0.25) is 5.91 Å². The molecule has 0 bridgehead atoms. The number of esters is 1. The van der Waals surface area contributed by atoms with Crippen LogP contribution in [0, 0.1) is 0 Å². The molecule has 6 nitrogen and oxygen atoms in total. The third-order valence-electron chi connectivity index (χ3n) is 4.13. The molecule has 0 unspecified atom stereocenters. The Morgan fingerprint density at radius 2 is 1.62 bits per heavy atom. The van der Waals surface area contributed by atoms with Crippen LogP contribution in [0.5, 0.6) is 0 Å². The molecular weight excluding hydrogens is 321 g/mol. The number of nitrogens with zero attached hydrogens (tertiary/aromatic N) is 1. The fourth-order valence-corrected chi connectivity index (χ4v) is 2.82. The van der Waals surface area contributed by atoms with Crippen LogP contribution in [-0.4, -0.2) is 41.4 Å². The molecular formula is C17H28NNaO5. The Morgan fingerprint density at radius 1 is 1.04 bits per heavy atom. The molecule has 0 N–H and O–H groups in total. The van der Waals surface area contributed by atoms with Crippen LogP contribution in [0.15, 0.2) is 0 Å². The van der Waals surface area contributed by atoms with Crippen molar-refractivity contribution >= 4 is 17.8 Å². The summed E-state index contributed by atoms with van der Waals surface area (Å²) in [4.78, 5) is 36.5. The van der Waals surface area contributed by atoms with Gasteiger partial charge in [-0.05, 0) is 12.8 Å². The number of aliphatic carboxylic acids is 1. The second kappa shape index (κ2) is 12.7. The van der Waals surface area contributed by atoms with Crippen LogP contribution in [0.2, 0.25) is 0 Å². The molecule has 1 aliphatic heterocycles. The van der Waals surface area contributed by atoms with Crippen LogP contribution in [-0.2, 0) is 19.1 Å². The monoisotopic (exact) mass is 349 g/mol. The van der Waals surface area contributed by atoms with Crippen molar-refractivity contribution in [3.8, 4) is 0 Å². The minimum atomic E-state index is -1.28. The van der Waals surface area contributed by atoms with Gasteiger partial charge in [-0.1, -0.05) is 39.5 Å². The van der Waals surface area contributed by atoms with Gasteiger partial charge in [-0.15, -0.1) is 0 Å². The summed E-state index contributed by atoms with van der Waals surface area (Å²) >= 11 is 0. The summed E-state index contributed by atoms with van der Waals surface area (Å²) in [6.45, 7) is 4.25. The maximum atomic E-state index is 12.2. The Bertz CT molecular complexity index is 416. The largest absolute Gasteiger partial charge is 1.00 e. The van der Waals surface area contributed by atoms with Gasteiger partial charge in [0.05, 0.1) is 18.6 Å². The maximum Gasteiger partial charge on any atom is 1.00 e. The van der Waals surface area contributed by atoms with E-state index >= 15 is 0 Å². The zero-order valence-corrected chi connectivity index (χ0v) is 17.2. The minimum absolute atomic E-state index is 0. The van der Waals surface area contributed by atoms with Crippen molar-refractivity contribution in [2.75, 3.05) is 6.54 Å². The van der Waals surface area contributed by atoms with Gasteiger partial charge in [0.15, 0.2) is 0 Å². The Morgan fingerprint density at radius 3 is 2.17 bits per heavy atom. The number of rotatable bonds is 10. The summed E-state index contributed by atoms with van der Waals surface area (Å²) in [6.07, 6.45) is 5.68. The molecule has 0 aromatic heterocycles. The number of carbonyl (C=O) groups excluding carboxylic acids is 3. The molecule has 1 rings (SSSR count). The van der Waals surface area contributed by atoms with Gasteiger partial charge in [-0.25, -0.2) is 0 Å². The molecule has 2 atom stereocenters. The Balaban J connectivity index is 0.00000529. The van der Waals surface area contributed by atoms with Crippen molar-refractivity contribution in [1.82, 2.24) is 4.90 Å². The standard InChI is InChI=1S/C17H29NO5.Na/c1-3-5-7-9-15(19)18-12-13(11-14(18)17(21)22)23-16(20)10-8-6-4-2;/h13-14H,3-12H2,1-2H3,(H,21,22);/q;+1/p-1/t13-,14-;/m1./s1. The molecule has 1 saturated heterocycles. The fraction of sp³-hybridized carbons (Fsp3) is 0.824. The predicted octanol–water partition coefficient (Wildman–Crippen LogP) is -1.59. The van der Waals surface area contributed by atoms with Crippen LogP contribution in [0.25, 0.3) is 0 Å². The quantitative estimate of drug-likeness (QED) is 0.270. The molecule has 0 aromatic carbocycles. The average Bonchev–Trinajstić information content (AvgIpc) is 2.92. The molecule has 24 heavy (non-hydrogen) atoms. The summed E-state index contributed by atoms with van der Waals surface area (Å²) in [5, 5.41) is 11.2. The van der Waals surface area contributed by atoms with Gasteiger partial charge in [0.1, 0.15) is 6.10 Å². The normalized spacial score (nSPS) is 19.7. The van der Waals surface area contributed by atoms with Crippen LogP contribution in [0.1, 0.15) is 71.6 Å². The molecule has 0 saturated carbocycles. The van der Waals surface area contributed by atoms with E-state index in [1.807, 2.05) is 6.92 Å². The molecule has 7 heteroatoms. The number of likely N-dealkylation sites (tertiary alicyclic amines) is 1. The fourth-order valence-electron chi connectivity index (χ4n) is 2.82. The van der Waals surface area contributed by atoms with E-state index in [1.165, 1.54) is 4.90 Å². The molecule has 1 fully saturated rings. The van der Waals surface area contributed by atoms with Crippen molar-refractivity contribution in [2.45, 2.75) is 83.8 Å². The molecule has 1 aliphatic rings. The summed E-state index contributed by atoms with van der Waals surface area (Å²) in [5.41, 5.74) is 0. The topological polar surface area (TPSA) is 86.7 Å². The molecule has 1 amide bonds. The SMILES string of the molecule is CCCCCC(=O)O[C@@H]1C[C@H](C(=O)[O-])N(C(=O)CCCCC)C1.[Na+]. The van der Waals surface area contributed by atoms with Gasteiger partial charge in [0.25, 0.3) is 0 Å².